The number of rotatable bonds is 4. The molecule has 1 aromatic carbocycles. The Balaban J connectivity index is 2.79. The van der Waals surface area contributed by atoms with Crippen molar-refractivity contribution in [1.29, 1.82) is 0 Å². The van der Waals surface area contributed by atoms with Crippen LogP contribution in [-0.2, 0) is 0 Å². The number of halogens is 2. The summed E-state index contributed by atoms with van der Waals surface area (Å²) in [5.41, 5.74) is 2.31. The summed E-state index contributed by atoms with van der Waals surface area (Å²) in [6, 6.07) is 5.97. The minimum Gasteiger partial charge on any atom is -0.374 e. The maximum absolute atomic E-state index is 6.04. The minimum absolute atomic E-state index is 0.698. The van der Waals surface area contributed by atoms with Gasteiger partial charge in [0, 0.05) is 30.2 Å². The highest BCUT2D eigenvalue weighted by atomic mass is 35.5. The molecule has 0 fully saturated rings. The molecule has 0 saturated heterocycles. The van der Waals surface area contributed by atoms with E-state index in [-0.39, 0.29) is 0 Å². The summed E-state index contributed by atoms with van der Waals surface area (Å²) in [5, 5.41) is 0.820. The summed E-state index contributed by atoms with van der Waals surface area (Å²) in [5.74, 6) is 0.698. The molecule has 0 unspecified atom stereocenters. The smallest absolute Gasteiger partial charge is 0.0455 e. The molecule has 0 bridgehead atoms. The van der Waals surface area contributed by atoms with E-state index in [0.29, 0.717) is 5.88 Å². The molecule has 0 aliphatic carbocycles. The third-order valence-corrected chi connectivity index (χ3v) is 2.95. The van der Waals surface area contributed by atoms with Crippen molar-refractivity contribution < 1.29 is 0 Å². The molecule has 1 nitrogen and oxygen atoms in total. The second-order valence-electron chi connectivity index (χ2n) is 3.35. The Labute approximate surface area is 95.6 Å². The molecule has 3 heteroatoms. The van der Waals surface area contributed by atoms with Crippen molar-refractivity contribution in [3.05, 3.63) is 28.8 Å². The van der Waals surface area contributed by atoms with Crippen molar-refractivity contribution in [2.45, 2.75) is 13.3 Å². The second kappa shape index (κ2) is 5.47. The first-order chi connectivity index (χ1) is 6.66. The Kier molecular flexibility index (Phi) is 4.56. The third-order valence-electron chi connectivity index (χ3n) is 2.28. The molecule has 1 aromatic rings. The van der Waals surface area contributed by atoms with Gasteiger partial charge in [0.05, 0.1) is 0 Å². The van der Waals surface area contributed by atoms with Crippen molar-refractivity contribution in [3.8, 4) is 0 Å². The monoisotopic (exact) mass is 231 g/mol. The Bertz CT molecular complexity index is 299. The fraction of sp³-hybridized carbons (Fsp3) is 0.455. The fourth-order valence-electron chi connectivity index (χ4n) is 1.43. The van der Waals surface area contributed by atoms with Gasteiger partial charge in [-0.2, -0.15) is 0 Å². The molecular weight excluding hydrogens is 217 g/mol. The molecule has 0 aliphatic rings. The van der Waals surface area contributed by atoms with Gasteiger partial charge in [0.2, 0.25) is 0 Å². The predicted molar refractivity (Wildman–Crippen MR) is 64.8 cm³/mol. The van der Waals surface area contributed by atoms with E-state index in [1.54, 1.807) is 0 Å². The highest BCUT2D eigenvalue weighted by Gasteiger charge is 2.05. The number of alkyl halides is 1. The quantitative estimate of drug-likeness (QED) is 0.715. The van der Waals surface area contributed by atoms with Gasteiger partial charge in [0.15, 0.2) is 0 Å². The van der Waals surface area contributed by atoms with E-state index >= 15 is 0 Å². The first-order valence-electron chi connectivity index (χ1n) is 4.69. The number of hydrogen-bond acceptors (Lipinski definition) is 1. The van der Waals surface area contributed by atoms with Crippen LogP contribution >= 0.6 is 23.2 Å². The molecule has 0 heterocycles. The first-order valence-corrected chi connectivity index (χ1v) is 5.60. The normalized spacial score (nSPS) is 10.3. The SMILES string of the molecule is Cc1c(Cl)cccc1N(C)CCCCl. The van der Waals surface area contributed by atoms with Crippen LogP contribution in [0, 0.1) is 6.92 Å². The maximum atomic E-state index is 6.04. The molecule has 78 valence electrons. The van der Waals surface area contributed by atoms with Gasteiger partial charge < -0.3 is 4.90 Å². The van der Waals surface area contributed by atoms with E-state index in [2.05, 4.69) is 18.0 Å². The standard InChI is InChI=1S/C11H15Cl2N/c1-9-10(13)5-3-6-11(9)14(2)8-4-7-12/h3,5-6H,4,7-8H2,1-2H3. The number of anilines is 1. The highest BCUT2D eigenvalue weighted by Crippen LogP contribution is 2.25. The van der Waals surface area contributed by atoms with Crippen LogP contribution in [0.25, 0.3) is 0 Å². The zero-order chi connectivity index (χ0) is 10.6. The average molecular weight is 232 g/mol. The van der Waals surface area contributed by atoms with Crippen molar-refractivity contribution in [2.75, 3.05) is 24.4 Å². The van der Waals surface area contributed by atoms with Crippen LogP contribution in [0.2, 0.25) is 5.02 Å². The van der Waals surface area contributed by atoms with Crippen LogP contribution in [0.1, 0.15) is 12.0 Å². The molecule has 0 N–H and O–H groups in total. The summed E-state index contributed by atoms with van der Waals surface area (Å²) in [6.45, 7) is 3.00. The summed E-state index contributed by atoms with van der Waals surface area (Å²) in [4.78, 5) is 2.18. The summed E-state index contributed by atoms with van der Waals surface area (Å²) >= 11 is 11.7. The number of benzene rings is 1. The van der Waals surface area contributed by atoms with Crippen molar-refractivity contribution in [2.24, 2.45) is 0 Å². The maximum Gasteiger partial charge on any atom is 0.0455 e. The topological polar surface area (TPSA) is 3.24 Å². The summed E-state index contributed by atoms with van der Waals surface area (Å²) in [7, 11) is 2.06. The molecular formula is C11H15Cl2N. The lowest BCUT2D eigenvalue weighted by molar-refractivity contribution is 0.853. The molecule has 0 saturated carbocycles. The van der Waals surface area contributed by atoms with E-state index in [1.165, 1.54) is 5.69 Å². The zero-order valence-electron chi connectivity index (χ0n) is 8.56. The molecule has 14 heavy (non-hydrogen) atoms. The summed E-state index contributed by atoms with van der Waals surface area (Å²) < 4.78 is 0. The lowest BCUT2D eigenvalue weighted by Gasteiger charge is -2.21. The molecule has 1 rings (SSSR count). The third kappa shape index (κ3) is 2.79. The van der Waals surface area contributed by atoms with Gasteiger partial charge in [-0.3, -0.25) is 0 Å². The Morgan fingerprint density at radius 1 is 1.36 bits per heavy atom. The van der Waals surface area contributed by atoms with Crippen LogP contribution in [0.4, 0.5) is 5.69 Å². The molecule has 0 aromatic heterocycles. The van der Waals surface area contributed by atoms with Crippen molar-refractivity contribution in [1.82, 2.24) is 0 Å². The van der Waals surface area contributed by atoms with E-state index < -0.39 is 0 Å². The number of nitrogens with zero attached hydrogens (tertiary/aromatic N) is 1. The molecule has 0 radical (unpaired) electrons. The Morgan fingerprint density at radius 3 is 2.71 bits per heavy atom. The van der Waals surface area contributed by atoms with Crippen LogP contribution in [-0.4, -0.2) is 19.5 Å². The van der Waals surface area contributed by atoms with Crippen LogP contribution in [0.15, 0.2) is 18.2 Å². The van der Waals surface area contributed by atoms with E-state index in [1.807, 2.05) is 19.1 Å². The minimum atomic E-state index is 0.698. The van der Waals surface area contributed by atoms with Gasteiger partial charge in [-0.15, -0.1) is 11.6 Å². The van der Waals surface area contributed by atoms with Gasteiger partial charge in [-0.1, -0.05) is 17.7 Å². The molecule has 0 spiro atoms. The lowest BCUT2D eigenvalue weighted by atomic mass is 10.2. The van der Waals surface area contributed by atoms with Crippen LogP contribution in [0.3, 0.4) is 0 Å². The molecule has 0 aliphatic heterocycles. The lowest BCUT2D eigenvalue weighted by Crippen LogP contribution is -2.19. The van der Waals surface area contributed by atoms with Gasteiger partial charge in [-0.25, -0.2) is 0 Å². The number of hydrogen-bond donors (Lipinski definition) is 0. The van der Waals surface area contributed by atoms with Gasteiger partial charge in [0.1, 0.15) is 0 Å². The van der Waals surface area contributed by atoms with E-state index in [4.69, 9.17) is 23.2 Å². The highest BCUT2D eigenvalue weighted by molar-refractivity contribution is 6.31. The van der Waals surface area contributed by atoms with Gasteiger partial charge in [0.25, 0.3) is 0 Å². The summed E-state index contributed by atoms with van der Waals surface area (Å²) in [6.07, 6.45) is 0.990. The fourth-order valence-corrected chi connectivity index (χ4v) is 1.72. The second-order valence-corrected chi connectivity index (χ2v) is 4.13. The first kappa shape index (κ1) is 11.7. The van der Waals surface area contributed by atoms with E-state index in [0.717, 1.165) is 23.6 Å². The van der Waals surface area contributed by atoms with Crippen LogP contribution in [0.5, 0.6) is 0 Å². The van der Waals surface area contributed by atoms with Crippen molar-refractivity contribution in [3.63, 3.8) is 0 Å². The van der Waals surface area contributed by atoms with Crippen molar-refractivity contribution >= 4 is 28.9 Å². The van der Waals surface area contributed by atoms with Crippen LogP contribution < -0.4 is 4.90 Å². The average Bonchev–Trinajstić information content (AvgIpc) is 2.18. The van der Waals surface area contributed by atoms with Gasteiger partial charge >= 0.3 is 0 Å². The Morgan fingerprint density at radius 2 is 2.07 bits per heavy atom. The Hall–Kier alpha value is -0.400. The zero-order valence-corrected chi connectivity index (χ0v) is 10.1. The van der Waals surface area contributed by atoms with Gasteiger partial charge in [-0.05, 0) is 31.0 Å². The largest absolute Gasteiger partial charge is 0.374 e. The molecule has 0 atom stereocenters. The molecule has 0 amide bonds. The van der Waals surface area contributed by atoms with E-state index in [9.17, 15) is 0 Å². The predicted octanol–water partition coefficient (Wildman–Crippen LogP) is 3.71.